The van der Waals surface area contributed by atoms with Gasteiger partial charge in [-0.15, -0.1) is 6.58 Å². The van der Waals surface area contributed by atoms with E-state index < -0.39 is 0 Å². The molecule has 21 heavy (non-hydrogen) atoms. The van der Waals surface area contributed by atoms with E-state index in [2.05, 4.69) is 6.58 Å². The van der Waals surface area contributed by atoms with Crippen molar-refractivity contribution in [2.75, 3.05) is 65.9 Å². The third-order valence-electron chi connectivity index (χ3n) is 3.04. The predicted molar refractivity (Wildman–Crippen MR) is 79.3 cm³/mol. The van der Waals surface area contributed by atoms with E-state index in [0.717, 1.165) is 0 Å². The van der Waals surface area contributed by atoms with E-state index in [1.54, 1.807) is 11.0 Å². The maximum atomic E-state index is 12.1. The number of amides is 1. The lowest BCUT2D eigenvalue weighted by Crippen LogP contribution is -2.36. The van der Waals surface area contributed by atoms with Crippen LogP contribution in [0.25, 0.3) is 0 Å². The Morgan fingerprint density at radius 3 is 1.71 bits per heavy atom. The highest BCUT2D eigenvalue weighted by molar-refractivity contribution is 5.76. The van der Waals surface area contributed by atoms with Gasteiger partial charge in [0.1, 0.15) is 0 Å². The van der Waals surface area contributed by atoms with Gasteiger partial charge in [0.15, 0.2) is 0 Å². The van der Waals surface area contributed by atoms with Crippen LogP contribution >= 0.6 is 0 Å². The second kappa shape index (κ2) is 12.8. The molecule has 1 saturated heterocycles. The van der Waals surface area contributed by atoms with Crippen LogP contribution in [-0.2, 0) is 23.7 Å². The molecule has 0 aromatic rings. The summed E-state index contributed by atoms with van der Waals surface area (Å²) in [4.78, 5) is 13.9. The SMILES string of the molecule is C=CCCC(=O)N1CCOCCOCCOCCOCC1. The third kappa shape index (κ3) is 9.57. The molecule has 0 bridgehead atoms. The normalized spacial score (nSPS) is 20.3. The second-order valence-corrected chi connectivity index (χ2v) is 4.66. The van der Waals surface area contributed by atoms with Crippen LogP contribution in [0.3, 0.4) is 0 Å². The van der Waals surface area contributed by atoms with Crippen molar-refractivity contribution in [2.45, 2.75) is 12.8 Å². The molecule has 0 unspecified atom stereocenters. The van der Waals surface area contributed by atoms with Gasteiger partial charge in [-0.2, -0.15) is 0 Å². The van der Waals surface area contributed by atoms with Gasteiger partial charge in [-0.05, 0) is 6.42 Å². The molecular weight excluding hydrogens is 274 g/mol. The predicted octanol–water partition coefficient (Wildman–Crippen LogP) is 0.861. The first-order valence-electron chi connectivity index (χ1n) is 7.54. The minimum atomic E-state index is 0.110. The number of hydrogen-bond acceptors (Lipinski definition) is 5. The zero-order chi connectivity index (χ0) is 15.2. The van der Waals surface area contributed by atoms with E-state index in [0.29, 0.717) is 78.8 Å². The Morgan fingerprint density at radius 1 is 0.857 bits per heavy atom. The van der Waals surface area contributed by atoms with Crippen molar-refractivity contribution in [1.29, 1.82) is 0 Å². The molecule has 1 amide bonds. The van der Waals surface area contributed by atoms with Gasteiger partial charge < -0.3 is 23.8 Å². The number of ether oxygens (including phenoxy) is 4. The minimum absolute atomic E-state index is 0.110. The summed E-state index contributed by atoms with van der Waals surface area (Å²) in [6, 6.07) is 0. The van der Waals surface area contributed by atoms with Crippen molar-refractivity contribution >= 4 is 5.91 Å². The van der Waals surface area contributed by atoms with E-state index in [1.807, 2.05) is 0 Å². The lowest BCUT2D eigenvalue weighted by molar-refractivity contribution is -0.132. The lowest BCUT2D eigenvalue weighted by atomic mass is 10.2. The van der Waals surface area contributed by atoms with Crippen molar-refractivity contribution in [3.63, 3.8) is 0 Å². The molecule has 0 aromatic heterocycles. The van der Waals surface area contributed by atoms with Gasteiger partial charge in [-0.3, -0.25) is 4.79 Å². The summed E-state index contributed by atoms with van der Waals surface area (Å²) in [5.41, 5.74) is 0. The molecule has 1 aliphatic rings. The largest absolute Gasteiger partial charge is 0.377 e. The van der Waals surface area contributed by atoms with Crippen LogP contribution in [0.15, 0.2) is 12.7 Å². The van der Waals surface area contributed by atoms with Crippen LogP contribution in [0.2, 0.25) is 0 Å². The first-order valence-corrected chi connectivity index (χ1v) is 7.54. The van der Waals surface area contributed by atoms with Crippen LogP contribution in [0.4, 0.5) is 0 Å². The fourth-order valence-corrected chi connectivity index (χ4v) is 1.86. The Balaban J connectivity index is 2.35. The van der Waals surface area contributed by atoms with Gasteiger partial charge in [0.2, 0.25) is 5.91 Å². The average molecular weight is 301 g/mol. The molecule has 0 aromatic carbocycles. The molecule has 1 aliphatic heterocycles. The molecule has 0 atom stereocenters. The standard InChI is InChI=1S/C15H27NO5/c1-2-3-4-15(17)16-5-7-18-9-11-20-13-14-21-12-10-19-8-6-16/h2H,1,3-14H2. The van der Waals surface area contributed by atoms with E-state index in [9.17, 15) is 4.79 Å². The van der Waals surface area contributed by atoms with E-state index in [-0.39, 0.29) is 5.91 Å². The Morgan fingerprint density at radius 2 is 1.29 bits per heavy atom. The summed E-state index contributed by atoms with van der Waals surface area (Å²) in [6.45, 7) is 9.12. The number of carbonyl (C=O) groups is 1. The number of carbonyl (C=O) groups excluding carboxylic acids is 1. The summed E-state index contributed by atoms with van der Waals surface area (Å²) in [5, 5.41) is 0. The first-order chi connectivity index (χ1) is 10.3. The van der Waals surface area contributed by atoms with Crippen molar-refractivity contribution in [1.82, 2.24) is 4.90 Å². The second-order valence-electron chi connectivity index (χ2n) is 4.66. The van der Waals surface area contributed by atoms with Crippen LogP contribution in [0.5, 0.6) is 0 Å². The van der Waals surface area contributed by atoms with Gasteiger partial charge in [-0.1, -0.05) is 6.08 Å². The quantitative estimate of drug-likeness (QED) is 0.724. The van der Waals surface area contributed by atoms with Crippen molar-refractivity contribution < 1.29 is 23.7 Å². The highest BCUT2D eigenvalue weighted by atomic mass is 16.6. The Labute approximate surface area is 127 Å². The van der Waals surface area contributed by atoms with E-state index in [4.69, 9.17) is 18.9 Å². The Bertz CT molecular complexity index is 269. The smallest absolute Gasteiger partial charge is 0.223 e. The fraction of sp³-hybridized carbons (Fsp3) is 0.800. The van der Waals surface area contributed by atoms with Gasteiger partial charge >= 0.3 is 0 Å². The Kier molecular flexibility index (Phi) is 11.0. The number of hydrogen-bond donors (Lipinski definition) is 0. The molecule has 0 spiro atoms. The molecule has 1 heterocycles. The topological polar surface area (TPSA) is 57.2 Å². The van der Waals surface area contributed by atoms with Crippen LogP contribution < -0.4 is 0 Å². The highest BCUT2D eigenvalue weighted by Crippen LogP contribution is 2.00. The molecule has 1 rings (SSSR count). The zero-order valence-electron chi connectivity index (χ0n) is 12.8. The zero-order valence-corrected chi connectivity index (χ0v) is 12.8. The molecule has 6 heteroatoms. The lowest BCUT2D eigenvalue weighted by Gasteiger charge is -2.22. The third-order valence-corrected chi connectivity index (χ3v) is 3.04. The van der Waals surface area contributed by atoms with Crippen molar-refractivity contribution in [3.8, 4) is 0 Å². The first kappa shape index (κ1) is 18.1. The van der Waals surface area contributed by atoms with Crippen LogP contribution in [-0.4, -0.2) is 76.8 Å². The number of nitrogens with zero attached hydrogens (tertiary/aromatic N) is 1. The van der Waals surface area contributed by atoms with Crippen molar-refractivity contribution in [3.05, 3.63) is 12.7 Å². The number of allylic oxidation sites excluding steroid dienone is 1. The van der Waals surface area contributed by atoms with E-state index >= 15 is 0 Å². The highest BCUT2D eigenvalue weighted by Gasteiger charge is 2.12. The summed E-state index contributed by atoms with van der Waals surface area (Å²) >= 11 is 0. The van der Waals surface area contributed by atoms with Gasteiger partial charge in [0.05, 0.1) is 52.9 Å². The van der Waals surface area contributed by atoms with Gasteiger partial charge in [-0.25, -0.2) is 0 Å². The van der Waals surface area contributed by atoms with Gasteiger partial charge in [0.25, 0.3) is 0 Å². The molecule has 0 N–H and O–H groups in total. The Hall–Kier alpha value is -0.950. The minimum Gasteiger partial charge on any atom is -0.377 e. The summed E-state index contributed by atoms with van der Waals surface area (Å²) in [7, 11) is 0. The molecule has 6 nitrogen and oxygen atoms in total. The van der Waals surface area contributed by atoms with E-state index in [1.165, 1.54) is 0 Å². The van der Waals surface area contributed by atoms with Crippen molar-refractivity contribution in [2.24, 2.45) is 0 Å². The fourth-order valence-electron chi connectivity index (χ4n) is 1.86. The summed E-state index contributed by atoms with van der Waals surface area (Å²) in [6.07, 6.45) is 2.93. The van der Waals surface area contributed by atoms with Gasteiger partial charge in [0, 0.05) is 19.5 Å². The summed E-state index contributed by atoms with van der Waals surface area (Å²) < 4.78 is 21.7. The average Bonchev–Trinajstić information content (AvgIpc) is 2.51. The van der Waals surface area contributed by atoms with Crippen LogP contribution in [0.1, 0.15) is 12.8 Å². The maximum Gasteiger partial charge on any atom is 0.223 e. The maximum absolute atomic E-state index is 12.1. The van der Waals surface area contributed by atoms with Crippen LogP contribution in [0, 0.1) is 0 Å². The molecule has 0 radical (unpaired) electrons. The summed E-state index contributed by atoms with van der Waals surface area (Å²) in [5.74, 6) is 0.110. The number of rotatable bonds is 3. The molecule has 0 aliphatic carbocycles. The molecular formula is C15H27NO5. The molecule has 1 fully saturated rings. The monoisotopic (exact) mass is 301 g/mol. The molecule has 0 saturated carbocycles. The molecule has 122 valence electrons.